The molecule has 0 spiro atoms. The van der Waals surface area contributed by atoms with Crippen LogP contribution in [-0.2, 0) is 9.84 Å². The Morgan fingerprint density at radius 2 is 1.71 bits per heavy atom. The van der Waals surface area contributed by atoms with Crippen molar-refractivity contribution in [3.63, 3.8) is 0 Å². The Balaban J connectivity index is 2.22. The van der Waals surface area contributed by atoms with Crippen molar-refractivity contribution in [2.45, 2.75) is 43.9 Å². The first kappa shape index (κ1) is 16.0. The predicted molar refractivity (Wildman–Crippen MR) is 84.2 cm³/mol. The fourth-order valence-electron chi connectivity index (χ4n) is 3.07. The van der Waals surface area contributed by atoms with Crippen LogP contribution in [0, 0.1) is 6.92 Å². The minimum absolute atomic E-state index is 0.101. The lowest BCUT2D eigenvalue weighted by Gasteiger charge is -2.37. The van der Waals surface area contributed by atoms with Crippen LogP contribution in [-0.4, -0.2) is 43.8 Å². The molecular formula is C16H23NO3S. The first-order valence-electron chi connectivity index (χ1n) is 7.33. The lowest BCUT2D eigenvalue weighted by molar-refractivity contribution is 0.0700. The van der Waals surface area contributed by atoms with E-state index < -0.39 is 15.1 Å². The quantitative estimate of drug-likeness (QED) is 0.861. The van der Waals surface area contributed by atoms with Gasteiger partial charge in [-0.3, -0.25) is 4.79 Å². The number of rotatable bonds is 3. The van der Waals surface area contributed by atoms with Gasteiger partial charge in [0.25, 0.3) is 5.91 Å². The van der Waals surface area contributed by atoms with E-state index in [0.717, 1.165) is 24.8 Å². The summed E-state index contributed by atoms with van der Waals surface area (Å²) in [6.45, 7) is 1.97. The van der Waals surface area contributed by atoms with Gasteiger partial charge in [0.15, 0.2) is 9.84 Å². The number of carbonyl (C=O) groups is 1. The molecule has 116 valence electrons. The van der Waals surface area contributed by atoms with Crippen LogP contribution in [0.4, 0.5) is 0 Å². The van der Waals surface area contributed by atoms with E-state index in [-0.39, 0.29) is 11.9 Å². The summed E-state index contributed by atoms with van der Waals surface area (Å²) in [5, 5.41) is -0.439. The number of hydrogen-bond donors (Lipinski definition) is 0. The van der Waals surface area contributed by atoms with Gasteiger partial charge in [-0.1, -0.05) is 30.5 Å². The second-order valence-electron chi connectivity index (χ2n) is 6.00. The normalized spacial score (nSPS) is 22.8. The molecule has 0 aromatic heterocycles. The van der Waals surface area contributed by atoms with Crippen LogP contribution in [0.1, 0.15) is 41.6 Å². The number of sulfone groups is 1. The molecule has 0 unspecified atom stereocenters. The van der Waals surface area contributed by atoms with E-state index in [4.69, 9.17) is 0 Å². The van der Waals surface area contributed by atoms with Crippen molar-refractivity contribution in [1.82, 2.24) is 4.90 Å². The molecule has 0 saturated heterocycles. The lowest BCUT2D eigenvalue weighted by Crippen LogP contribution is -2.49. The molecule has 0 heterocycles. The van der Waals surface area contributed by atoms with Gasteiger partial charge in [-0.2, -0.15) is 0 Å². The molecule has 5 heteroatoms. The number of aryl methyl sites for hydroxylation is 1. The predicted octanol–water partition coefficient (Wildman–Crippen LogP) is 2.42. The zero-order chi connectivity index (χ0) is 15.6. The minimum Gasteiger partial charge on any atom is -0.337 e. The molecule has 4 nitrogen and oxygen atoms in total. The van der Waals surface area contributed by atoms with Crippen molar-refractivity contribution in [2.75, 3.05) is 13.3 Å². The zero-order valence-corrected chi connectivity index (χ0v) is 13.7. The van der Waals surface area contributed by atoms with Crippen LogP contribution in [0.3, 0.4) is 0 Å². The average Bonchev–Trinajstić information content (AvgIpc) is 2.45. The fraction of sp³-hybridized carbons (Fsp3) is 0.562. The summed E-state index contributed by atoms with van der Waals surface area (Å²) in [5.41, 5.74) is 1.71. The topological polar surface area (TPSA) is 54.5 Å². The van der Waals surface area contributed by atoms with E-state index >= 15 is 0 Å². The Hall–Kier alpha value is -1.36. The van der Waals surface area contributed by atoms with Crippen molar-refractivity contribution >= 4 is 15.7 Å². The van der Waals surface area contributed by atoms with Gasteiger partial charge >= 0.3 is 0 Å². The molecule has 0 bridgehead atoms. The number of benzene rings is 1. The summed E-state index contributed by atoms with van der Waals surface area (Å²) in [4.78, 5) is 14.2. The van der Waals surface area contributed by atoms with Crippen LogP contribution < -0.4 is 0 Å². The van der Waals surface area contributed by atoms with Crippen molar-refractivity contribution in [2.24, 2.45) is 0 Å². The molecule has 1 aliphatic rings. The first-order valence-corrected chi connectivity index (χ1v) is 9.29. The smallest absolute Gasteiger partial charge is 0.253 e. The maximum absolute atomic E-state index is 12.6. The summed E-state index contributed by atoms with van der Waals surface area (Å²) < 4.78 is 23.9. The zero-order valence-electron chi connectivity index (χ0n) is 12.9. The summed E-state index contributed by atoms with van der Waals surface area (Å²) in [6.07, 6.45) is 4.57. The molecule has 0 radical (unpaired) electrons. The van der Waals surface area contributed by atoms with Crippen molar-refractivity contribution in [3.05, 3.63) is 35.4 Å². The molecule has 1 aromatic carbocycles. The maximum atomic E-state index is 12.6. The lowest BCUT2D eigenvalue weighted by atomic mass is 9.93. The van der Waals surface area contributed by atoms with Gasteiger partial charge < -0.3 is 4.90 Å². The Labute approximate surface area is 127 Å². The van der Waals surface area contributed by atoms with E-state index in [1.807, 2.05) is 19.1 Å². The molecule has 2 rings (SSSR count). The standard InChI is InChI=1S/C16H23NO3S/c1-12-8-10-13(11-9-12)16(18)17(2)14-6-4-5-7-15(14)21(3,19)20/h8-11,14-15H,4-7H2,1-3H3/t14-,15+/m0/s1. The summed E-state index contributed by atoms with van der Waals surface area (Å²) in [6, 6.07) is 7.17. The van der Waals surface area contributed by atoms with Crippen molar-refractivity contribution < 1.29 is 13.2 Å². The Morgan fingerprint density at radius 3 is 2.29 bits per heavy atom. The Kier molecular flexibility index (Phi) is 4.71. The van der Waals surface area contributed by atoms with E-state index in [9.17, 15) is 13.2 Å². The van der Waals surface area contributed by atoms with Crippen LogP contribution in [0.5, 0.6) is 0 Å². The molecule has 0 aliphatic heterocycles. The molecule has 21 heavy (non-hydrogen) atoms. The Morgan fingerprint density at radius 1 is 1.14 bits per heavy atom. The first-order chi connectivity index (χ1) is 9.80. The van der Waals surface area contributed by atoms with Gasteiger partial charge in [0.2, 0.25) is 0 Å². The SMILES string of the molecule is Cc1ccc(C(=O)N(C)[C@H]2CCCC[C@H]2S(C)(=O)=O)cc1. The monoisotopic (exact) mass is 309 g/mol. The third-order valence-corrected chi connectivity index (χ3v) is 5.98. The van der Waals surface area contributed by atoms with Gasteiger partial charge in [-0.15, -0.1) is 0 Å². The molecule has 1 aliphatic carbocycles. The summed E-state index contributed by atoms with van der Waals surface area (Å²) in [7, 11) is -1.42. The highest BCUT2D eigenvalue weighted by Gasteiger charge is 2.37. The molecule has 1 saturated carbocycles. The highest BCUT2D eigenvalue weighted by molar-refractivity contribution is 7.91. The minimum atomic E-state index is -3.14. The number of carbonyl (C=O) groups excluding carboxylic acids is 1. The van der Waals surface area contributed by atoms with Crippen LogP contribution in [0.15, 0.2) is 24.3 Å². The molecule has 1 aromatic rings. The molecule has 1 amide bonds. The highest BCUT2D eigenvalue weighted by atomic mass is 32.2. The largest absolute Gasteiger partial charge is 0.337 e. The summed E-state index contributed by atoms with van der Waals surface area (Å²) >= 11 is 0. The molecule has 2 atom stereocenters. The maximum Gasteiger partial charge on any atom is 0.253 e. The van der Waals surface area contributed by atoms with Gasteiger partial charge in [0.1, 0.15) is 0 Å². The van der Waals surface area contributed by atoms with E-state index in [2.05, 4.69) is 0 Å². The summed E-state index contributed by atoms with van der Waals surface area (Å²) in [5.74, 6) is -0.101. The number of hydrogen-bond acceptors (Lipinski definition) is 3. The number of nitrogens with zero attached hydrogens (tertiary/aromatic N) is 1. The van der Waals surface area contributed by atoms with Gasteiger partial charge in [-0.25, -0.2) is 8.42 Å². The van der Waals surface area contributed by atoms with E-state index in [1.165, 1.54) is 6.26 Å². The fourth-order valence-corrected chi connectivity index (χ4v) is 4.55. The molecule has 1 fully saturated rings. The van der Waals surface area contributed by atoms with Crippen LogP contribution in [0.25, 0.3) is 0 Å². The number of amides is 1. The van der Waals surface area contributed by atoms with Crippen molar-refractivity contribution in [3.8, 4) is 0 Å². The second-order valence-corrected chi connectivity index (χ2v) is 8.27. The Bertz CT molecular complexity index is 607. The van der Waals surface area contributed by atoms with Gasteiger partial charge in [-0.05, 0) is 31.9 Å². The van der Waals surface area contributed by atoms with Gasteiger partial charge in [0.05, 0.1) is 5.25 Å². The van der Waals surface area contributed by atoms with Gasteiger partial charge in [0, 0.05) is 24.9 Å². The van der Waals surface area contributed by atoms with Crippen molar-refractivity contribution in [1.29, 1.82) is 0 Å². The highest BCUT2D eigenvalue weighted by Crippen LogP contribution is 2.28. The van der Waals surface area contributed by atoms with E-state index in [0.29, 0.717) is 12.0 Å². The molecular weight excluding hydrogens is 286 g/mol. The third kappa shape index (κ3) is 3.64. The van der Waals surface area contributed by atoms with Crippen LogP contribution in [0.2, 0.25) is 0 Å². The molecule has 0 N–H and O–H groups in total. The van der Waals surface area contributed by atoms with E-state index in [1.54, 1.807) is 24.1 Å². The third-order valence-electron chi connectivity index (χ3n) is 4.33. The van der Waals surface area contributed by atoms with Crippen LogP contribution >= 0.6 is 0 Å². The average molecular weight is 309 g/mol. The second kappa shape index (κ2) is 6.18.